The first-order valence-electron chi connectivity index (χ1n) is 5.26. The third-order valence-corrected chi connectivity index (χ3v) is 2.53. The number of carbonyl (C=O) groups is 2. The fourth-order valence-electron chi connectivity index (χ4n) is 1.58. The zero-order chi connectivity index (χ0) is 12.8. The summed E-state index contributed by atoms with van der Waals surface area (Å²) in [6, 6.07) is 7.93. The van der Waals surface area contributed by atoms with Gasteiger partial charge in [0.2, 0.25) is 0 Å². The molecular weight excluding hydrogens is 222 g/mol. The summed E-state index contributed by atoms with van der Waals surface area (Å²) >= 11 is 0. The number of nitrogens with two attached hydrogens (primary N) is 1. The Bertz CT molecular complexity index is 391. The molecule has 0 aliphatic carbocycles. The first-order valence-corrected chi connectivity index (χ1v) is 5.26. The van der Waals surface area contributed by atoms with E-state index in [1.807, 2.05) is 30.3 Å². The first kappa shape index (κ1) is 13.2. The summed E-state index contributed by atoms with van der Waals surface area (Å²) < 4.78 is 0. The number of rotatable bonds is 6. The van der Waals surface area contributed by atoms with Gasteiger partial charge in [0.15, 0.2) is 0 Å². The second kappa shape index (κ2) is 6.00. The second-order valence-corrected chi connectivity index (χ2v) is 3.91. The average molecular weight is 237 g/mol. The molecule has 0 saturated heterocycles. The highest BCUT2D eigenvalue weighted by Crippen LogP contribution is 2.14. The minimum atomic E-state index is -1.18. The van der Waals surface area contributed by atoms with E-state index in [1.54, 1.807) is 0 Å². The van der Waals surface area contributed by atoms with E-state index >= 15 is 0 Å². The van der Waals surface area contributed by atoms with Crippen molar-refractivity contribution >= 4 is 11.9 Å². The normalized spacial score (nSPS) is 13.9. The lowest BCUT2D eigenvalue weighted by Gasteiger charge is -2.14. The number of hydrogen-bond acceptors (Lipinski definition) is 3. The molecule has 5 nitrogen and oxygen atoms in total. The van der Waals surface area contributed by atoms with Crippen molar-refractivity contribution in [2.45, 2.75) is 18.9 Å². The predicted octanol–water partition coefficient (Wildman–Crippen LogP) is 0.732. The van der Waals surface area contributed by atoms with Crippen molar-refractivity contribution in [3.63, 3.8) is 0 Å². The molecule has 0 aromatic heterocycles. The monoisotopic (exact) mass is 237 g/mol. The summed E-state index contributed by atoms with van der Waals surface area (Å²) in [5.41, 5.74) is 6.20. The van der Waals surface area contributed by atoms with Gasteiger partial charge in [-0.05, 0) is 18.4 Å². The van der Waals surface area contributed by atoms with Gasteiger partial charge in [0.25, 0.3) is 0 Å². The van der Waals surface area contributed by atoms with Crippen molar-refractivity contribution in [2.75, 3.05) is 0 Å². The minimum absolute atomic E-state index is 0.0699. The van der Waals surface area contributed by atoms with Gasteiger partial charge < -0.3 is 15.9 Å². The zero-order valence-electron chi connectivity index (χ0n) is 9.24. The van der Waals surface area contributed by atoms with Gasteiger partial charge in [0.05, 0.1) is 5.92 Å². The van der Waals surface area contributed by atoms with Gasteiger partial charge in [-0.15, -0.1) is 0 Å². The molecule has 1 aromatic carbocycles. The van der Waals surface area contributed by atoms with Crippen molar-refractivity contribution < 1.29 is 19.8 Å². The topological polar surface area (TPSA) is 101 Å². The molecular formula is C12H15NO4. The quantitative estimate of drug-likeness (QED) is 0.677. The van der Waals surface area contributed by atoms with Crippen molar-refractivity contribution in [3.05, 3.63) is 35.9 Å². The summed E-state index contributed by atoms with van der Waals surface area (Å²) in [6.07, 6.45) is 0.219. The van der Waals surface area contributed by atoms with Gasteiger partial charge in [0, 0.05) is 0 Å². The maximum atomic E-state index is 11.0. The molecule has 0 heterocycles. The predicted molar refractivity (Wildman–Crippen MR) is 61.5 cm³/mol. The van der Waals surface area contributed by atoms with E-state index in [9.17, 15) is 9.59 Å². The van der Waals surface area contributed by atoms with E-state index in [0.717, 1.165) is 5.56 Å². The highest BCUT2D eigenvalue weighted by atomic mass is 16.4. The van der Waals surface area contributed by atoms with Crippen molar-refractivity contribution in [3.8, 4) is 0 Å². The van der Waals surface area contributed by atoms with Gasteiger partial charge in [0.1, 0.15) is 6.04 Å². The van der Waals surface area contributed by atoms with Crippen LogP contribution in [0.4, 0.5) is 0 Å². The van der Waals surface area contributed by atoms with Gasteiger partial charge in [-0.3, -0.25) is 9.59 Å². The number of benzene rings is 1. The van der Waals surface area contributed by atoms with Crippen LogP contribution in [-0.2, 0) is 16.0 Å². The molecule has 2 atom stereocenters. The van der Waals surface area contributed by atoms with Crippen LogP contribution in [0.5, 0.6) is 0 Å². The van der Waals surface area contributed by atoms with Gasteiger partial charge in [-0.1, -0.05) is 30.3 Å². The van der Waals surface area contributed by atoms with Crippen LogP contribution < -0.4 is 5.73 Å². The van der Waals surface area contributed by atoms with E-state index in [2.05, 4.69) is 0 Å². The fraction of sp³-hybridized carbons (Fsp3) is 0.333. The molecule has 1 aromatic rings. The summed E-state index contributed by atoms with van der Waals surface area (Å²) in [5, 5.41) is 17.7. The van der Waals surface area contributed by atoms with Gasteiger partial charge in [-0.2, -0.15) is 0 Å². The van der Waals surface area contributed by atoms with E-state index < -0.39 is 23.9 Å². The molecule has 0 spiro atoms. The van der Waals surface area contributed by atoms with Crippen LogP contribution in [0.2, 0.25) is 0 Å². The van der Waals surface area contributed by atoms with Crippen LogP contribution in [0.25, 0.3) is 0 Å². The summed E-state index contributed by atoms with van der Waals surface area (Å²) in [6.45, 7) is 0. The molecule has 5 heteroatoms. The number of hydrogen-bond donors (Lipinski definition) is 3. The van der Waals surface area contributed by atoms with Crippen molar-refractivity contribution in [2.24, 2.45) is 11.7 Å². The molecule has 0 fully saturated rings. The van der Waals surface area contributed by atoms with E-state index in [1.165, 1.54) is 0 Å². The maximum absolute atomic E-state index is 11.0. The average Bonchev–Trinajstić information content (AvgIpc) is 2.29. The van der Waals surface area contributed by atoms with Gasteiger partial charge >= 0.3 is 11.9 Å². The molecule has 0 radical (unpaired) electrons. The molecule has 1 rings (SSSR count). The van der Waals surface area contributed by atoms with E-state index in [-0.39, 0.29) is 12.8 Å². The Kier molecular flexibility index (Phi) is 4.66. The van der Waals surface area contributed by atoms with Crippen LogP contribution in [0.1, 0.15) is 12.0 Å². The molecule has 92 valence electrons. The lowest BCUT2D eigenvalue weighted by Crippen LogP contribution is -2.35. The van der Waals surface area contributed by atoms with E-state index in [4.69, 9.17) is 15.9 Å². The standard InChI is InChI=1S/C12H15NO4/c13-10(12(16)17)7-9(11(14)15)6-8-4-2-1-3-5-8/h1-5,9-10H,6-7,13H2,(H,14,15)(H,16,17)/t9?,10-/m0/s1. The Hall–Kier alpha value is -1.88. The minimum Gasteiger partial charge on any atom is -0.481 e. The Balaban J connectivity index is 2.67. The molecule has 0 bridgehead atoms. The first-order chi connectivity index (χ1) is 8.00. The second-order valence-electron chi connectivity index (χ2n) is 3.91. The SMILES string of the molecule is N[C@@H](CC(Cc1ccccc1)C(=O)O)C(=O)O. The molecule has 1 unspecified atom stereocenters. The number of aliphatic carboxylic acids is 2. The highest BCUT2D eigenvalue weighted by Gasteiger charge is 2.24. The highest BCUT2D eigenvalue weighted by molar-refractivity contribution is 5.76. The fourth-order valence-corrected chi connectivity index (χ4v) is 1.58. The summed E-state index contributed by atoms with van der Waals surface area (Å²) in [4.78, 5) is 21.6. The Morgan fingerprint density at radius 1 is 1.12 bits per heavy atom. The molecule has 0 amide bonds. The maximum Gasteiger partial charge on any atom is 0.320 e. The van der Waals surface area contributed by atoms with Crippen molar-refractivity contribution in [1.29, 1.82) is 0 Å². The third-order valence-electron chi connectivity index (χ3n) is 2.53. The Morgan fingerprint density at radius 3 is 2.18 bits per heavy atom. The van der Waals surface area contributed by atoms with Crippen molar-refractivity contribution in [1.82, 2.24) is 0 Å². The lowest BCUT2D eigenvalue weighted by atomic mass is 9.93. The van der Waals surface area contributed by atoms with Crippen LogP contribution in [0.3, 0.4) is 0 Å². The molecule has 0 aliphatic heterocycles. The van der Waals surface area contributed by atoms with Crippen LogP contribution in [0, 0.1) is 5.92 Å². The molecule has 4 N–H and O–H groups in total. The number of carboxylic acids is 2. The molecule has 0 aliphatic rings. The molecule has 0 saturated carbocycles. The third kappa shape index (κ3) is 4.24. The lowest BCUT2D eigenvalue weighted by molar-refractivity contribution is -0.143. The Morgan fingerprint density at radius 2 is 1.71 bits per heavy atom. The zero-order valence-corrected chi connectivity index (χ0v) is 9.24. The van der Waals surface area contributed by atoms with Gasteiger partial charge in [-0.25, -0.2) is 0 Å². The van der Waals surface area contributed by atoms with Crippen LogP contribution in [-0.4, -0.2) is 28.2 Å². The van der Waals surface area contributed by atoms with Crippen LogP contribution in [0.15, 0.2) is 30.3 Å². The van der Waals surface area contributed by atoms with E-state index in [0.29, 0.717) is 0 Å². The molecule has 17 heavy (non-hydrogen) atoms. The summed E-state index contributed by atoms with van der Waals surface area (Å²) in [7, 11) is 0. The smallest absolute Gasteiger partial charge is 0.320 e. The Labute approximate surface area is 98.9 Å². The largest absolute Gasteiger partial charge is 0.481 e. The number of carboxylic acid groups (broad SMARTS) is 2. The summed E-state index contributed by atoms with van der Waals surface area (Å²) in [5.74, 6) is -2.97. The van der Waals surface area contributed by atoms with Crippen LogP contribution >= 0.6 is 0 Å².